The Morgan fingerprint density at radius 3 is 1.89 bits per heavy atom. The summed E-state index contributed by atoms with van der Waals surface area (Å²) in [4.78, 5) is 83.3. The van der Waals surface area contributed by atoms with Crippen molar-refractivity contribution in [2.45, 2.75) is 44.7 Å². The fraction of sp³-hybridized carbons (Fsp3) is 0.621. The molecule has 0 bridgehead atoms. The molecule has 47 heavy (non-hydrogen) atoms. The van der Waals surface area contributed by atoms with Gasteiger partial charge < -0.3 is 45.9 Å². The molecule has 1 aliphatic heterocycles. The van der Waals surface area contributed by atoms with Gasteiger partial charge in [-0.2, -0.15) is 0 Å². The maximum absolute atomic E-state index is 12.7. The molecular formula is C29H46N6O11S. The molecule has 1 rings (SSSR count). The van der Waals surface area contributed by atoms with Crippen LogP contribution in [0.15, 0.2) is 24.3 Å². The molecule has 18 heteroatoms. The fourth-order valence-corrected chi connectivity index (χ4v) is 4.01. The summed E-state index contributed by atoms with van der Waals surface area (Å²) in [6.45, 7) is 8.04. The van der Waals surface area contributed by atoms with Gasteiger partial charge in [-0.15, -0.1) is 12.6 Å². The first-order valence-electron chi connectivity index (χ1n) is 15.0. The minimum atomic E-state index is -1.06. The van der Waals surface area contributed by atoms with Crippen molar-refractivity contribution in [2.24, 2.45) is 5.73 Å². The van der Waals surface area contributed by atoms with E-state index in [2.05, 4.69) is 40.5 Å². The number of amides is 7. The molecule has 0 aromatic carbocycles. The number of imide groups is 1. The van der Waals surface area contributed by atoms with E-state index in [1.165, 1.54) is 12.2 Å². The summed E-state index contributed by atoms with van der Waals surface area (Å²) in [6, 6.07) is -2.68. The molecule has 0 radical (unpaired) electrons. The number of carbonyl (C=O) groups is 7. The maximum Gasteiger partial charge on any atom is 0.312 e. The van der Waals surface area contributed by atoms with Crippen LogP contribution in [0.5, 0.6) is 0 Å². The summed E-state index contributed by atoms with van der Waals surface area (Å²) >= 11 is 3.80. The topological polar surface area (TPSA) is 234 Å². The van der Waals surface area contributed by atoms with Crippen LogP contribution in [0.25, 0.3) is 0 Å². The van der Waals surface area contributed by atoms with Crippen LogP contribution in [0.2, 0.25) is 0 Å². The average Bonchev–Trinajstić information content (AvgIpc) is 3.33. The minimum absolute atomic E-state index is 0.0176. The van der Waals surface area contributed by atoms with Gasteiger partial charge in [-0.05, 0) is 25.3 Å². The van der Waals surface area contributed by atoms with Gasteiger partial charge in [-0.3, -0.25) is 33.7 Å². The largest absolute Gasteiger partial charge is 0.379 e. The molecule has 17 nitrogen and oxygen atoms in total. The quantitative estimate of drug-likeness (QED) is 0.0247. The second kappa shape index (κ2) is 24.3. The molecule has 1 heterocycles. The van der Waals surface area contributed by atoms with Crippen LogP contribution in [0.4, 0.5) is 4.79 Å². The van der Waals surface area contributed by atoms with E-state index in [1.54, 1.807) is 6.92 Å². The lowest BCUT2D eigenvalue weighted by atomic mass is 10.1. The number of nitrogens with two attached hydrogens (primary N) is 1. The van der Waals surface area contributed by atoms with Crippen molar-refractivity contribution in [3.8, 4) is 0 Å². The summed E-state index contributed by atoms with van der Waals surface area (Å²) in [7, 11) is 0. The number of carbonyl (C=O) groups excluding carboxylic acids is 7. The van der Waals surface area contributed by atoms with E-state index in [9.17, 15) is 33.6 Å². The first-order valence-corrected chi connectivity index (χ1v) is 15.5. The molecule has 7 amide bonds. The van der Waals surface area contributed by atoms with E-state index in [-0.39, 0.29) is 71.2 Å². The molecule has 0 aromatic rings. The second-order valence-corrected chi connectivity index (χ2v) is 10.6. The van der Waals surface area contributed by atoms with Crippen molar-refractivity contribution in [2.75, 3.05) is 72.5 Å². The highest BCUT2D eigenvalue weighted by atomic mass is 32.1. The van der Waals surface area contributed by atoms with Crippen molar-refractivity contribution < 1.29 is 52.5 Å². The average molecular weight is 687 g/mol. The zero-order valence-electron chi connectivity index (χ0n) is 26.6. The lowest BCUT2D eigenvalue weighted by molar-refractivity contribution is -0.137. The van der Waals surface area contributed by atoms with Gasteiger partial charge in [0.25, 0.3) is 11.8 Å². The van der Waals surface area contributed by atoms with Crippen molar-refractivity contribution in [1.29, 1.82) is 0 Å². The van der Waals surface area contributed by atoms with Crippen LogP contribution >= 0.6 is 12.6 Å². The van der Waals surface area contributed by atoms with Gasteiger partial charge in [-0.1, -0.05) is 6.58 Å². The van der Waals surface area contributed by atoms with Gasteiger partial charge in [0.2, 0.25) is 22.8 Å². The molecule has 0 aliphatic carbocycles. The number of nitrogens with zero attached hydrogens (tertiary/aromatic N) is 1. The van der Waals surface area contributed by atoms with Crippen LogP contribution in [0.1, 0.15) is 32.6 Å². The third kappa shape index (κ3) is 19.4. The van der Waals surface area contributed by atoms with Crippen molar-refractivity contribution in [3.63, 3.8) is 0 Å². The molecule has 0 fully saturated rings. The van der Waals surface area contributed by atoms with Crippen LogP contribution in [0, 0.1) is 0 Å². The second-order valence-electron chi connectivity index (χ2n) is 10.1. The predicted molar refractivity (Wildman–Crippen MR) is 171 cm³/mol. The van der Waals surface area contributed by atoms with Gasteiger partial charge in [0.05, 0.1) is 58.9 Å². The van der Waals surface area contributed by atoms with Gasteiger partial charge >= 0.3 is 6.03 Å². The summed E-state index contributed by atoms with van der Waals surface area (Å²) in [5, 5.41) is 9.59. The number of urea groups is 1. The summed E-state index contributed by atoms with van der Waals surface area (Å²) in [6.07, 6.45) is 2.92. The molecular weight excluding hydrogens is 640 g/mol. The highest BCUT2D eigenvalue weighted by Crippen LogP contribution is 2.06. The van der Waals surface area contributed by atoms with Gasteiger partial charge in [0, 0.05) is 44.6 Å². The number of rotatable bonds is 27. The Hall–Kier alpha value is -3.84. The Labute approximate surface area is 279 Å². The fourth-order valence-electron chi connectivity index (χ4n) is 3.82. The lowest BCUT2D eigenvalue weighted by Gasteiger charge is -2.22. The molecule has 0 spiro atoms. The molecule has 0 saturated carbocycles. The lowest BCUT2D eigenvalue weighted by Crippen LogP contribution is -2.51. The molecule has 0 unspecified atom stereocenters. The normalized spacial score (nSPS) is 13.6. The van der Waals surface area contributed by atoms with Crippen molar-refractivity contribution in [3.05, 3.63) is 24.3 Å². The highest BCUT2D eigenvalue weighted by Gasteiger charge is 2.26. The summed E-state index contributed by atoms with van der Waals surface area (Å²) in [5.74, 6) is -2.20. The molecule has 1 aliphatic rings. The van der Waals surface area contributed by atoms with Crippen molar-refractivity contribution >= 4 is 53.3 Å². The Morgan fingerprint density at radius 1 is 0.809 bits per heavy atom. The van der Waals surface area contributed by atoms with Gasteiger partial charge in [0.1, 0.15) is 6.04 Å². The standard InChI is InChI=1S/C29H46N6O11S/c1-20(2)26(27(40)33-21(28(41)47)4-3-9-32-29(30)42)34-23(37)8-12-43-14-16-45-18-19-46-17-15-44-13-10-31-22(36)7-11-35-24(38)5-6-25(35)39/h5-6,21,26H,1,3-4,7-19H2,2H3,(H,31,36)(H,33,40)(H,34,37)(H,41,47)(H3,30,32,42)/t21-,26-/m0/s1. The third-order valence-electron chi connectivity index (χ3n) is 6.26. The molecule has 2 atom stereocenters. The van der Waals surface area contributed by atoms with Crippen LogP contribution < -0.4 is 27.0 Å². The SMILES string of the molecule is C=C(C)[C@H](NC(=O)CCOCCOCCOCCOCCNC(=O)CCN1C(=O)C=CC1=O)C(=O)N[C@@H](CCCNC(N)=O)C(=O)S. The van der Waals surface area contributed by atoms with Crippen molar-refractivity contribution in [1.82, 2.24) is 26.2 Å². The zero-order valence-corrected chi connectivity index (χ0v) is 27.5. The summed E-state index contributed by atoms with van der Waals surface area (Å²) in [5.41, 5.74) is 5.37. The molecule has 6 N–H and O–H groups in total. The Bertz CT molecular complexity index is 1100. The molecule has 0 saturated heterocycles. The highest BCUT2D eigenvalue weighted by molar-refractivity contribution is 7.96. The zero-order chi connectivity index (χ0) is 35.0. The van der Waals surface area contributed by atoms with E-state index >= 15 is 0 Å². The Morgan fingerprint density at radius 2 is 1.36 bits per heavy atom. The van der Waals surface area contributed by atoms with E-state index in [4.69, 9.17) is 24.7 Å². The number of primary amides is 1. The van der Waals surface area contributed by atoms with Crippen LogP contribution in [-0.2, 0) is 47.7 Å². The number of hydrogen-bond acceptors (Lipinski definition) is 11. The monoisotopic (exact) mass is 686 g/mol. The van der Waals surface area contributed by atoms with Gasteiger partial charge in [0.15, 0.2) is 0 Å². The van der Waals surface area contributed by atoms with E-state index in [0.717, 1.165) is 4.90 Å². The third-order valence-corrected chi connectivity index (χ3v) is 6.58. The van der Waals surface area contributed by atoms with E-state index in [0.29, 0.717) is 38.4 Å². The number of ether oxygens (including phenoxy) is 4. The maximum atomic E-state index is 12.7. The number of nitrogens with one attached hydrogen (secondary N) is 4. The Balaban J connectivity index is 2.03. The molecule has 0 aromatic heterocycles. The van der Waals surface area contributed by atoms with Crippen LogP contribution in [0.3, 0.4) is 0 Å². The number of thiol groups is 1. The van der Waals surface area contributed by atoms with Gasteiger partial charge in [-0.25, -0.2) is 4.79 Å². The Kier molecular flexibility index (Phi) is 21.3. The van der Waals surface area contributed by atoms with E-state index in [1.807, 2.05) is 0 Å². The first kappa shape index (κ1) is 41.2. The minimum Gasteiger partial charge on any atom is -0.379 e. The van der Waals surface area contributed by atoms with E-state index < -0.39 is 46.9 Å². The molecule has 264 valence electrons. The summed E-state index contributed by atoms with van der Waals surface area (Å²) < 4.78 is 21.6. The number of hydrogen-bond donors (Lipinski definition) is 6. The van der Waals surface area contributed by atoms with Crippen LogP contribution in [-0.4, -0.2) is 130 Å². The first-order chi connectivity index (χ1) is 22.4. The predicted octanol–water partition coefficient (Wildman–Crippen LogP) is -1.68. The smallest absolute Gasteiger partial charge is 0.312 e.